The summed E-state index contributed by atoms with van der Waals surface area (Å²) in [6.45, 7) is 1.25. The Morgan fingerprint density at radius 1 is 1.09 bits per heavy atom. The van der Waals surface area contributed by atoms with Crippen LogP contribution in [0.15, 0.2) is 67.3 Å². The zero-order valence-corrected chi connectivity index (χ0v) is 17.9. The van der Waals surface area contributed by atoms with Crippen LogP contribution in [0.2, 0.25) is 5.02 Å². The Hall–Kier alpha value is -3.65. The molecule has 0 saturated carbocycles. The summed E-state index contributed by atoms with van der Waals surface area (Å²) in [6, 6.07) is 13.9. The standard InChI is InChI=1S/C23H21ClN6O2/c24-16-6-8-17(9-7-16)26-21(31)14-20-22(32)29(12-3-11-28-13-10-25-15-28)23-27-18-4-1-2-5-19(18)30(20)23/h1-2,4-10,13,15,20H,3,11-12,14H2,(H,26,31)/t20-/m1/s1. The maximum absolute atomic E-state index is 13.3. The molecular weight excluding hydrogens is 428 g/mol. The van der Waals surface area contributed by atoms with Crippen LogP contribution in [0.5, 0.6) is 0 Å². The van der Waals surface area contributed by atoms with E-state index in [4.69, 9.17) is 16.6 Å². The number of imidazole rings is 2. The number of carbonyl (C=O) groups excluding carboxylic acids is 2. The molecule has 9 heteroatoms. The number of benzene rings is 2. The van der Waals surface area contributed by atoms with E-state index in [1.807, 2.05) is 39.6 Å². The van der Waals surface area contributed by atoms with E-state index in [9.17, 15) is 9.59 Å². The SMILES string of the molecule is O=C(C[C@@H]1C(=O)N(CCCn2ccnc2)c2nc3ccccc3n21)Nc1ccc(Cl)cc1. The predicted octanol–water partition coefficient (Wildman–Crippen LogP) is 3.89. The molecule has 2 aromatic heterocycles. The highest BCUT2D eigenvalue weighted by Gasteiger charge is 2.40. The number of rotatable bonds is 7. The zero-order valence-electron chi connectivity index (χ0n) is 17.2. The normalized spacial score (nSPS) is 15.3. The maximum atomic E-state index is 13.3. The minimum absolute atomic E-state index is 0.0207. The Balaban J connectivity index is 1.38. The molecule has 0 spiro atoms. The van der Waals surface area contributed by atoms with E-state index >= 15 is 0 Å². The topological polar surface area (TPSA) is 85.1 Å². The van der Waals surface area contributed by atoms with Crippen molar-refractivity contribution in [1.82, 2.24) is 19.1 Å². The molecule has 32 heavy (non-hydrogen) atoms. The van der Waals surface area contributed by atoms with Gasteiger partial charge in [0.15, 0.2) is 0 Å². The molecule has 0 aliphatic carbocycles. The van der Waals surface area contributed by atoms with Crippen molar-refractivity contribution in [2.24, 2.45) is 0 Å². The molecule has 0 unspecified atom stereocenters. The monoisotopic (exact) mass is 448 g/mol. The fourth-order valence-corrected chi connectivity index (χ4v) is 4.18. The first-order chi connectivity index (χ1) is 15.6. The van der Waals surface area contributed by atoms with Gasteiger partial charge in [-0.15, -0.1) is 0 Å². The Labute approximate surface area is 189 Å². The minimum Gasteiger partial charge on any atom is -0.337 e. The minimum atomic E-state index is -0.641. The van der Waals surface area contributed by atoms with Crippen molar-refractivity contribution in [3.05, 3.63) is 72.3 Å². The highest BCUT2D eigenvalue weighted by atomic mass is 35.5. The first-order valence-electron chi connectivity index (χ1n) is 10.4. The van der Waals surface area contributed by atoms with Crippen molar-refractivity contribution in [2.75, 3.05) is 16.8 Å². The molecule has 8 nitrogen and oxygen atoms in total. The van der Waals surface area contributed by atoms with Gasteiger partial charge in [-0.05, 0) is 42.8 Å². The summed E-state index contributed by atoms with van der Waals surface area (Å²) in [5.41, 5.74) is 2.28. The number of anilines is 2. The van der Waals surface area contributed by atoms with Gasteiger partial charge < -0.3 is 9.88 Å². The molecule has 4 aromatic rings. The van der Waals surface area contributed by atoms with Crippen molar-refractivity contribution in [3.63, 3.8) is 0 Å². The van der Waals surface area contributed by atoms with Crippen molar-refractivity contribution in [3.8, 4) is 0 Å². The molecule has 0 saturated heterocycles. The molecule has 2 amide bonds. The summed E-state index contributed by atoms with van der Waals surface area (Å²) in [5.74, 6) is 0.232. The number of hydrogen-bond donors (Lipinski definition) is 1. The highest BCUT2D eigenvalue weighted by Crippen LogP contribution is 2.36. The van der Waals surface area contributed by atoms with Crippen LogP contribution in [-0.2, 0) is 16.1 Å². The lowest BCUT2D eigenvalue weighted by Crippen LogP contribution is -2.32. The van der Waals surface area contributed by atoms with Crippen LogP contribution >= 0.6 is 11.6 Å². The lowest BCUT2D eigenvalue weighted by molar-refractivity contribution is -0.124. The van der Waals surface area contributed by atoms with E-state index in [1.54, 1.807) is 41.7 Å². The summed E-state index contributed by atoms with van der Waals surface area (Å²) >= 11 is 5.92. The van der Waals surface area contributed by atoms with Gasteiger partial charge in [0.1, 0.15) is 6.04 Å². The lowest BCUT2D eigenvalue weighted by atomic mass is 10.1. The first-order valence-corrected chi connectivity index (χ1v) is 10.8. The average Bonchev–Trinajstić information content (AvgIpc) is 3.49. The molecule has 162 valence electrons. The number of fused-ring (bicyclic) bond motifs is 3. The Morgan fingerprint density at radius 3 is 2.69 bits per heavy atom. The molecule has 1 aliphatic rings. The molecule has 5 rings (SSSR count). The Kier molecular flexibility index (Phi) is 5.36. The Morgan fingerprint density at radius 2 is 1.91 bits per heavy atom. The van der Waals surface area contributed by atoms with Gasteiger partial charge in [0.2, 0.25) is 11.9 Å². The van der Waals surface area contributed by atoms with Crippen molar-refractivity contribution in [1.29, 1.82) is 0 Å². The summed E-state index contributed by atoms with van der Waals surface area (Å²) in [4.78, 5) is 36.6. The quantitative estimate of drug-likeness (QED) is 0.464. The summed E-state index contributed by atoms with van der Waals surface area (Å²) < 4.78 is 3.86. The Bertz CT molecular complexity index is 1270. The molecule has 0 fully saturated rings. The fourth-order valence-electron chi connectivity index (χ4n) is 4.06. The van der Waals surface area contributed by atoms with Gasteiger partial charge in [0, 0.05) is 36.2 Å². The molecule has 1 atom stereocenters. The van der Waals surface area contributed by atoms with Gasteiger partial charge in [0.05, 0.1) is 23.8 Å². The smallest absolute Gasteiger partial charge is 0.253 e. The fraction of sp³-hybridized carbons (Fsp3) is 0.217. The van der Waals surface area contributed by atoms with E-state index in [-0.39, 0.29) is 18.2 Å². The second-order valence-electron chi connectivity index (χ2n) is 7.69. The molecule has 1 N–H and O–H groups in total. The van der Waals surface area contributed by atoms with Crippen molar-refractivity contribution >= 4 is 46.1 Å². The molecule has 0 radical (unpaired) electrons. The highest BCUT2D eigenvalue weighted by molar-refractivity contribution is 6.30. The van der Waals surface area contributed by atoms with Gasteiger partial charge in [-0.25, -0.2) is 9.97 Å². The van der Waals surface area contributed by atoms with Crippen LogP contribution in [0.3, 0.4) is 0 Å². The van der Waals surface area contributed by atoms with Crippen LogP contribution in [0, 0.1) is 0 Å². The summed E-state index contributed by atoms with van der Waals surface area (Å²) in [6.07, 6.45) is 6.15. The average molecular weight is 449 g/mol. The second-order valence-corrected chi connectivity index (χ2v) is 8.13. The number of carbonyl (C=O) groups is 2. The molecule has 1 aliphatic heterocycles. The van der Waals surface area contributed by atoms with Crippen LogP contribution in [0.1, 0.15) is 18.9 Å². The number of nitrogens with zero attached hydrogens (tertiary/aromatic N) is 5. The molecule has 3 heterocycles. The zero-order chi connectivity index (χ0) is 22.1. The van der Waals surface area contributed by atoms with E-state index in [0.29, 0.717) is 23.2 Å². The molecular formula is C23H21ClN6O2. The summed E-state index contributed by atoms with van der Waals surface area (Å²) in [7, 11) is 0. The van der Waals surface area contributed by atoms with Gasteiger partial charge in [0.25, 0.3) is 5.91 Å². The van der Waals surface area contributed by atoms with E-state index in [2.05, 4.69) is 10.3 Å². The van der Waals surface area contributed by atoms with Gasteiger partial charge in [-0.2, -0.15) is 0 Å². The first kappa shape index (κ1) is 20.3. The van der Waals surface area contributed by atoms with E-state index in [1.165, 1.54) is 0 Å². The maximum Gasteiger partial charge on any atom is 0.253 e. The lowest BCUT2D eigenvalue weighted by Gasteiger charge is -2.16. The third-order valence-corrected chi connectivity index (χ3v) is 5.80. The number of nitrogens with one attached hydrogen (secondary N) is 1. The number of amides is 2. The number of para-hydroxylation sites is 2. The molecule has 0 bridgehead atoms. The van der Waals surface area contributed by atoms with Crippen molar-refractivity contribution < 1.29 is 9.59 Å². The number of aryl methyl sites for hydroxylation is 1. The number of hydrogen-bond acceptors (Lipinski definition) is 4. The number of halogens is 1. The third-order valence-electron chi connectivity index (χ3n) is 5.55. The van der Waals surface area contributed by atoms with Gasteiger partial charge >= 0.3 is 0 Å². The van der Waals surface area contributed by atoms with Gasteiger partial charge in [-0.1, -0.05) is 23.7 Å². The van der Waals surface area contributed by atoms with Crippen LogP contribution in [-0.4, -0.2) is 37.5 Å². The molecule has 2 aromatic carbocycles. The van der Waals surface area contributed by atoms with Crippen LogP contribution in [0.4, 0.5) is 11.6 Å². The second kappa shape index (κ2) is 8.47. The van der Waals surface area contributed by atoms with Crippen LogP contribution in [0.25, 0.3) is 11.0 Å². The van der Waals surface area contributed by atoms with Gasteiger partial charge in [-0.3, -0.25) is 19.1 Å². The van der Waals surface area contributed by atoms with Crippen molar-refractivity contribution in [2.45, 2.75) is 25.4 Å². The third kappa shape index (κ3) is 3.85. The van der Waals surface area contributed by atoms with E-state index in [0.717, 1.165) is 24.0 Å². The van der Waals surface area contributed by atoms with E-state index < -0.39 is 6.04 Å². The number of aromatic nitrogens is 4. The largest absolute Gasteiger partial charge is 0.337 e. The predicted molar refractivity (Wildman–Crippen MR) is 123 cm³/mol. The summed E-state index contributed by atoms with van der Waals surface area (Å²) in [5, 5.41) is 3.44. The van der Waals surface area contributed by atoms with Crippen LogP contribution < -0.4 is 10.2 Å².